The zero-order valence-electron chi connectivity index (χ0n) is 44.2. The molecule has 0 aliphatic carbocycles. The van der Waals surface area contributed by atoms with Gasteiger partial charge in [0.15, 0.2) is 46.9 Å². The molecule has 1 aromatic carbocycles. The average molecular weight is 1100 g/mol. The van der Waals surface area contributed by atoms with Crippen LogP contribution in [-0.2, 0) is 33.2 Å². The van der Waals surface area contributed by atoms with E-state index in [9.17, 15) is 0 Å². The first kappa shape index (κ1) is 45.7. The van der Waals surface area contributed by atoms with E-state index in [0.29, 0.717) is 0 Å². The molecule has 0 bridgehead atoms. The van der Waals surface area contributed by atoms with Gasteiger partial charge in [-0.05, 0) is 97.1 Å². The minimum atomic E-state index is 0.808. The summed E-state index contributed by atoms with van der Waals surface area (Å²) < 4.78 is 28.7. The largest absolute Gasteiger partial charge is 0.401 e. The van der Waals surface area contributed by atoms with Gasteiger partial charge in [-0.2, -0.15) is 29.5 Å². The van der Waals surface area contributed by atoms with Gasteiger partial charge < -0.3 is 4.42 Å². The number of hydrogen-bond donors (Lipinski definition) is 0. The van der Waals surface area contributed by atoms with Crippen LogP contribution in [0.1, 0.15) is 22.3 Å². The van der Waals surface area contributed by atoms with Gasteiger partial charge in [0, 0.05) is 60.7 Å². The van der Waals surface area contributed by atoms with Crippen molar-refractivity contribution in [2.24, 2.45) is 7.05 Å². The zero-order chi connectivity index (χ0) is 54.4. The minimum absolute atomic E-state index is 0.808. The van der Waals surface area contributed by atoms with Crippen molar-refractivity contribution in [1.29, 1.82) is 0 Å². The van der Waals surface area contributed by atoms with Crippen molar-refractivity contribution in [2.45, 2.75) is 26.2 Å². The van der Waals surface area contributed by atoms with E-state index in [1.54, 1.807) is 23.7 Å². The molecule has 394 valence electrons. The van der Waals surface area contributed by atoms with Gasteiger partial charge in [-0.25, -0.2) is 51.7 Å². The molecule has 4 aliphatic heterocycles. The van der Waals surface area contributed by atoms with Crippen molar-refractivity contribution >= 4 is 76.8 Å². The highest BCUT2D eigenvalue weighted by Crippen LogP contribution is 2.38. The Hall–Kier alpha value is -11.1. The van der Waals surface area contributed by atoms with E-state index < -0.39 is 0 Å². The molecule has 83 heavy (non-hydrogen) atoms. The summed E-state index contributed by atoms with van der Waals surface area (Å²) in [6, 6.07) is 43.2. The summed E-state index contributed by atoms with van der Waals surface area (Å²) in [5.74, 6) is 3.15. The molecule has 0 saturated carbocycles. The molecule has 0 N–H and O–H groups in total. The number of fused-ring (bicyclic) bond motifs is 28. The normalized spacial score (nSPS) is 12.9. The third-order valence-corrected chi connectivity index (χ3v) is 17.6. The first-order valence-corrected chi connectivity index (χ1v) is 28.1. The van der Waals surface area contributed by atoms with E-state index in [-0.39, 0.29) is 0 Å². The molecule has 0 spiro atoms. The molecule has 0 unspecified atom stereocenters. The van der Waals surface area contributed by atoms with E-state index >= 15 is 0 Å². The highest BCUT2D eigenvalue weighted by atomic mass is 32.1. The number of aromatic nitrogens is 18. The van der Waals surface area contributed by atoms with Crippen LogP contribution in [-0.4, -0.2) is 67.5 Å². The number of benzene rings is 1. The minimum Gasteiger partial charge on any atom is -0.394 e. The molecule has 0 fully saturated rings. The third-order valence-electron chi connectivity index (χ3n) is 16.4. The monoisotopic (exact) mass is 1100 g/mol. The Labute approximate surface area is 473 Å². The first-order valence-electron chi connectivity index (χ1n) is 27.2. The molecule has 19 nitrogen and oxygen atoms in total. The van der Waals surface area contributed by atoms with Crippen LogP contribution in [0, 0.1) is 0 Å². The summed E-state index contributed by atoms with van der Waals surface area (Å²) >= 11 is 1.80. The van der Waals surface area contributed by atoms with Crippen LogP contribution in [0.15, 0.2) is 206 Å². The Balaban J connectivity index is 0.0000000851. The van der Waals surface area contributed by atoms with Crippen molar-refractivity contribution in [3.8, 4) is 51.0 Å². The summed E-state index contributed by atoms with van der Waals surface area (Å²) in [4.78, 5) is 18.2. The number of thiazole rings is 1. The lowest BCUT2D eigenvalue weighted by Crippen LogP contribution is -2.31. The topological polar surface area (TPSA) is 159 Å². The second kappa shape index (κ2) is 17.4. The smallest absolute Gasteiger partial charge is 0.394 e. The van der Waals surface area contributed by atoms with Gasteiger partial charge in [-0.1, -0.05) is 41.7 Å². The van der Waals surface area contributed by atoms with Crippen molar-refractivity contribution in [3.63, 3.8) is 0 Å². The fraction of sp³-hybridized carbons (Fsp3) is 0.0794. The predicted octanol–water partition coefficient (Wildman–Crippen LogP) is 8.58. The van der Waals surface area contributed by atoms with Crippen molar-refractivity contribution in [1.82, 2.24) is 67.5 Å². The maximum Gasteiger partial charge on any atom is 0.401 e. The van der Waals surface area contributed by atoms with Gasteiger partial charge >= 0.3 is 17.5 Å². The number of rotatable bonds is 1. The van der Waals surface area contributed by atoms with Gasteiger partial charge in [0.2, 0.25) is 22.1 Å². The summed E-state index contributed by atoms with van der Waals surface area (Å²) in [7, 11) is 2.10. The van der Waals surface area contributed by atoms with Crippen molar-refractivity contribution < 1.29 is 22.7 Å². The fourth-order valence-corrected chi connectivity index (χ4v) is 14.1. The predicted molar refractivity (Wildman–Crippen MR) is 309 cm³/mol. The summed E-state index contributed by atoms with van der Waals surface area (Å²) in [5.41, 5.74) is 22.7. The van der Waals surface area contributed by atoms with Gasteiger partial charge in [0.05, 0.1) is 36.1 Å². The van der Waals surface area contributed by atoms with Gasteiger partial charge in [0.1, 0.15) is 52.4 Å². The van der Waals surface area contributed by atoms with Crippen LogP contribution >= 0.6 is 11.3 Å². The molecule has 20 heteroatoms. The lowest BCUT2D eigenvalue weighted by molar-refractivity contribution is -0.649. The first-order chi connectivity index (χ1) is 41.1. The molecule has 16 aromatic heterocycles. The summed E-state index contributed by atoms with van der Waals surface area (Å²) in [5, 5.41) is 18.8. The van der Waals surface area contributed by atoms with Crippen LogP contribution in [0.2, 0.25) is 0 Å². The Kier molecular flexibility index (Phi) is 9.61. The molecule has 17 aromatic rings. The molecule has 0 radical (unpaired) electrons. The van der Waals surface area contributed by atoms with Crippen molar-refractivity contribution in [2.75, 3.05) is 0 Å². The molecular formula is C63H44N18OS+4. The van der Waals surface area contributed by atoms with E-state index in [4.69, 9.17) is 4.42 Å². The fourth-order valence-electron chi connectivity index (χ4n) is 12.8. The Morgan fingerprint density at radius 2 is 0.988 bits per heavy atom. The second-order valence-electron chi connectivity index (χ2n) is 20.9. The Bertz CT molecular complexity index is 5360. The number of pyridine rings is 4. The Morgan fingerprint density at radius 3 is 1.73 bits per heavy atom. The molecule has 0 atom stereocenters. The number of oxazole rings is 1. The van der Waals surface area contributed by atoms with E-state index in [0.717, 1.165) is 94.0 Å². The molecule has 21 rings (SSSR count). The molecule has 0 saturated heterocycles. The quantitative estimate of drug-likeness (QED) is 0.147. The Morgan fingerprint density at radius 1 is 0.446 bits per heavy atom. The van der Waals surface area contributed by atoms with Crippen LogP contribution in [0.4, 0.5) is 0 Å². The van der Waals surface area contributed by atoms with Gasteiger partial charge in [-0.3, -0.25) is 0 Å². The average Bonchev–Trinajstić information content (AvgIpc) is 2.92. The van der Waals surface area contributed by atoms with Gasteiger partial charge in [-0.15, -0.1) is 4.57 Å². The number of imidazole rings is 2. The standard InChI is InChI=1S/C20H14N5.C15H12N5.C14H9N4O.C14H9N4S/c1-2-7-15(8-3-1)25-19-16-9-5-11-22-24(16)13-17(19)23-12-14-6-4-10-21-18(14)20(23)25;1-18-14-11-5-3-7-17-20(11)9-12(14)19-8-10-4-2-6-16-13(10)15(18)19;2*1-3-9-7-17-11-8-18-10(4-2-6-16-18)13(11)19-14(17)12(9)15-5-1/h1-11,13H,12H2;2-7,9H,8H2,1H3;2*1-6,8H,7H2/q4*+1. The second-order valence-corrected chi connectivity index (χ2v) is 21.9. The summed E-state index contributed by atoms with van der Waals surface area (Å²) in [6.45, 7) is 3.44. The number of nitrogens with zero attached hydrogens (tertiary/aromatic N) is 18. The third kappa shape index (κ3) is 6.65. The molecule has 4 aliphatic rings. The molecule has 20 heterocycles. The number of para-hydroxylation sites is 1. The van der Waals surface area contributed by atoms with Crippen LogP contribution in [0.25, 0.3) is 116 Å². The highest BCUT2D eigenvalue weighted by molar-refractivity contribution is 7.22. The molecule has 0 amide bonds. The maximum atomic E-state index is 6.03. The van der Waals surface area contributed by atoms with Crippen LogP contribution in [0.5, 0.6) is 0 Å². The zero-order valence-corrected chi connectivity index (χ0v) is 45.1. The number of hydrogen-bond acceptors (Lipinski definition) is 10. The van der Waals surface area contributed by atoms with E-state index in [1.807, 2.05) is 122 Å². The lowest BCUT2D eigenvalue weighted by Gasteiger charge is -2.01. The lowest BCUT2D eigenvalue weighted by atomic mass is 10.2. The van der Waals surface area contributed by atoms with Crippen LogP contribution < -0.4 is 18.3 Å². The maximum absolute atomic E-state index is 6.03. The van der Waals surface area contributed by atoms with E-state index in [1.165, 1.54) is 70.9 Å². The SMILES string of the molecule is C[n+]1c2n(c3cn4ncccc4c31)Cc1cccnc1-2.c1ccc(-n2c3[n+](c4cn5ncccc5c42)Cc2cccnc2-3)cc1.c1cnc2c(c1)C[n+]1c-2oc2c3cccnn3cc21.c1cnc2c(c1)C[n+]1c-2sc2c3cccnn3cc21. The van der Waals surface area contributed by atoms with Crippen molar-refractivity contribution in [3.05, 3.63) is 224 Å². The van der Waals surface area contributed by atoms with E-state index in [2.05, 4.69) is 160 Å². The van der Waals surface area contributed by atoms with Crippen LogP contribution in [0.3, 0.4) is 0 Å². The highest BCUT2D eigenvalue weighted by Gasteiger charge is 2.40. The molecular weight excluding hydrogens is 1060 g/mol. The summed E-state index contributed by atoms with van der Waals surface area (Å²) in [6.07, 6.45) is 22.9. The van der Waals surface area contributed by atoms with Gasteiger partial charge in [0.25, 0.3) is 10.5 Å². The number of aryl methyl sites for hydroxylation is 1.